The zero-order chi connectivity index (χ0) is 18.6. The Morgan fingerprint density at radius 1 is 1.04 bits per heavy atom. The summed E-state index contributed by atoms with van der Waals surface area (Å²) in [5, 5.41) is 7.23. The van der Waals surface area contributed by atoms with E-state index < -0.39 is 0 Å². The molecule has 0 unspecified atom stereocenters. The normalized spacial score (nSPS) is 10.9. The summed E-state index contributed by atoms with van der Waals surface area (Å²) in [5.41, 5.74) is 4.21. The summed E-state index contributed by atoms with van der Waals surface area (Å²) in [6, 6.07) is 9.73. The molecule has 4 aromatic rings. The average molecular weight is 363 g/mol. The minimum atomic E-state index is -0.201. The molecule has 0 aliphatic carbocycles. The molecule has 0 aliphatic rings. The van der Waals surface area contributed by atoms with E-state index in [-0.39, 0.29) is 19.0 Å². The maximum absolute atomic E-state index is 13.2. The Morgan fingerprint density at radius 2 is 1.67 bits per heavy atom. The third-order valence-corrected chi connectivity index (χ3v) is 4.23. The van der Waals surface area contributed by atoms with E-state index in [0.29, 0.717) is 17.1 Å². The van der Waals surface area contributed by atoms with Gasteiger partial charge in [-0.3, -0.25) is 9.89 Å². The molecule has 0 bridgehead atoms. The van der Waals surface area contributed by atoms with Crippen LogP contribution in [0.15, 0.2) is 64.5 Å². The monoisotopic (exact) mass is 363 g/mol. The summed E-state index contributed by atoms with van der Waals surface area (Å²) in [5.74, 6) is -0.201. The van der Waals surface area contributed by atoms with Crippen LogP contribution in [0.3, 0.4) is 0 Å². The van der Waals surface area contributed by atoms with Crippen LogP contribution in [0.5, 0.6) is 0 Å². The predicted octanol–water partition coefficient (Wildman–Crippen LogP) is 3.20. The number of amides is 1. The van der Waals surface area contributed by atoms with Crippen molar-refractivity contribution >= 4 is 5.91 Å². The number of nitrogens with zero attached hydrogens (tertiary/aromatic N) is 4. The van der Waals surface area contributed by atoms with E-state index in [1.165, 1.54) is 25.3 Å². The molecule has 8 heteroatoms. The molecule has 0 radical (unpaired) electrons. The number of H-pyrrole nitrogens is 1. The Morgan fingerprint density at radius 3 is 2.22 bits per heavy atom. The van der Waals surface area contributed by atoms with Gasteiger partial charge in [0, 0.05) is 11.1 Å². The Balaban J connectivity index is 1.64. The number of hydrogen-bond donors (Lipinski definition) is 1. The molecule has 0 fully saturated rings. The van der Waals surface area contributed by atoms with Crippen molar-refractivity contribution in [1.29, 1.82) is 0 Å². The second kappa shape index (κ2) is 7.28. The number of carbonyl (C=O) groups excluding carboxylic acids is 1. The molecule has 0 aliphatic heterocycles. The van der Waals surface area contributed by atoms with E-state index in [2.05, 4.69) is 20.2 Å². The number of hydrogen-bond acceptors (Lipinski definition) is 6. The molecule has 8 nitrogen and oxygen atoms in total. The minimum Gasteiger partial charge on any atom is -0.451 e. The van der Waals surface area contributed by atoms with Crippen LogP contribution < -0.4 is 0 Å². The molecular formula is C19H17N5O3. The highest BCUT2D eigenvalue weighted by atomic mass is 16.3. The van der Waals surface area contributed by atoms with Crippen molar-refractivity contribution in [2.75, 3.05) is 0 Å². The summed E-state index contributed by atoms with van der Waals surface area (Å²) in [6.07, 6.45) is 5.70. The van der Waals surface area contributed by atoms with Gasteiger partial charge in [0.05, 0.1) is 30.2 Å². The third-order valence-electron chi connectivity index (χ3n) is 4.23. The molecule has 3 heterocycles. The second-order valence-corrected chi connectivity index (χ2v) is 6.06. The van der Waals surface area contributed by atoms with E-state index in [1.807, 2.05) is 37.3 Å². The van der Waals surface area contributed by atoms with Gasteiger partial charge >= 0.3 is 0 Å². The van der Waals surface area contributed by atoms with Gasteiger partial charge in [-0.05, 0) is 6.92 Å². The summed E-state index contributed by atoms with van der Waals surface area (Å²) in [6.45, 7) is 2.44. The van der Waals surface area contributed by atoms with Gasteiger partial charge in [0.1, 0.15) is 18.2 Å². The van der Waals surface area contributed by atoms with Gasteiger partial charge in [0.2, 0.25) is 0 Å². The van der Waals surface area contributed by atoms with Crippen molar-refractivity contribution in [3.8, 4) is 11.3 Å². The van der Waals surface area contributed by atoms with Crippen LogP contribution in [0.1, 0.15) is 27.4 Å². The summed E-state index contributed by atoms with van der Waals surface area (Å²) < 4.78 is 10.0. The van der Waals surface area contributed by atoms with Crippen molar-refractivity contribution in [2.24, 2.45) is 0 Å². The number of carbonyl (C=O) groups is 1. The Kier molecular flexibility index (Phi) is 4.52. The largest absolute Gasteiger partial charge is 0.451 e. The SMILES string of the molecule is Cc1c(-c2ccccc2)n[nH]c1C(=O)N(Cc1cocn1)Cc1cocn1. The van der Waals surface area contributed by atoms with Gasteiger partial charge in [-0.15, -0.1) is 0 Å². The minimum absolute atomic E-state index is 0.201. The second-order valence-electron chi connectivity index (χ2n) is 6.06. The fraction of sp³-hybridized carbons (Fsp3) is 0.158. The first kappa shape index (κ1) is 16.8. The Hall–Kier alpha value is -3.68. The summed E-state index contributed by atoms with van der Waals surface area (Å²) in [7, 11) is 0. The Labute approximate surface area is 154 Å². The maximum atomic E-state index is 13.2. The molecule has 0 saturated carbocycles. The molecular weight excluding hydrogens is 346 g/mol. The molecule has 1 aromatic carbocycles. The molecule has 1 N–H and O–H groups in total. The maximum Gasteiger partial charge on any atom is 0.272 e. The van der Waals surface area contributed by atoms with Crippen molar-refractivity contribution in [1.82, 2.24) is 25.1 Å². The molecule has 0 saturated heterocycles. The third kappa shape index (κ3) is 3.50. The van der Waals surface area contributed by atoms with Crippen LogP contribution in [-0.2, 0) is 13.1 Å². The highest BCUT2D eigenvalue weighted by Gasteiger charge is 2.24. The lowest BCUT2D eigenvalue weighted by atomic mass is 10.1. The fourth-order valence-electron chi connectivity index (χ4n) is 2.86. The van der Waals surface area contributed by atoms with Crippen LogP contribution in [0.2, 0.25) is 0 Å². The van der Waals surface area contributed by atoms with Gasteiger partial charge in [-0.25, -0.2) is 9.97 Å². The van der Waals surface area contributed by atoms with Gasteiger partial charge in [-0.1, -0.05) is 30.3 Å². The number of aromatic amines is 1. The molecule has 4 rings (SSSR count). The average Bonchev–Trinajstić information content (AvgIpc) is 3.44. The van der Waals surface area contributed by atoms with Gasteiger partial charge in [0.15, 0.2) is 12.8 Å². The highest BCUT2D eigenvalue weighted by Crippen LogP contribution is 2.24. The predicted molar refractivity (Wildman–Crippen MR) is 95.3 cm³/mol. The fourth-order valence-corrected chi connectivity index (χ4v) is 2.86. The van der Waals surface area contributed by atoms with Crippen molar-refractivity contribution < 1.29 is 13.6 Å². The van der Waals surface area contributed by atoms with E-state index in [9.17, 15) is 4.79 Å². The zero-order valence-corrected chi connectivity index (χ0v) is 14.6. The van der Waals surface area contributed by atoms with E-state index in [4.69, 9.17) is 8.83 Å². The lowest BCUT2D eigenvalue weighted by molar-refractivity contribution is 0.0719. The molecule has 1 amide bonds. The number of rotatable bonds is 6. The lowest BCUT2D eigenvalue weighted by Crippen LogP contribution is -2.31. The first-order valence-electron chi connectivity index (χ1n) is 8.36. The van der Waals surface area contributed by atoms with Crippen molar-refractivity contribution in [3.63, 3.8) is 0 Å². The summed E-state index contributed by atoms with van der Waals surface area (Å²) >= 11 is 0. The molecule has 27 heavy (non-hydrogen) atoms. The lowest BCUT2D eigenvalue weighted by Gasteiger charge is -2.20. The smallest absolute Gasteiger partial charge is 0.272 e. The van der Waals surface area contributed by atoms with Gasteiger partial charge < -0.3 is 13.7 Å². The number of nitrogens with one attached hydrogen (secondary N) is 1. The number of oxazole rings is 2. The molecule has 0 atom stereocenters. The Bertz CT molecular complexity index is 971. The van der Waals surface area contributed by atoms with E-state index in [0.717, 1.165) is 16.8 Å². The topological polar surface area (TPSA) is 101 Å². The van der Waals surface area contributed by atoms with Crippen molar-refractivity contribution in [3.05, 3.63) is 78.3 Å². The van der Waals surface area contributed by atoms with Gasteiger partial charge in [-0.2, -0.15) is 5.10 Å². The van der Waals surface area contributed by atoms with Gasteiger partial charge in [0.25, 0.3) is 5.91 Å². The standard InChI is InChI=1S/C19H17N5O3/c1-13-17(14-5-3-2-4-6-14)22-23-18(13)19(25)24(7-15-9-26-11-20-15)8-16-10-27-12-21-16/h2-6,9-12H,7-8H2,1H3,(H,22,23). The number of benzene rings is 1. The van der Waals surface area contributed by atoms with E-state index in [1.54, 1.807) is 4.90 Å². The summed E-state index contributed by atoms with van der Waals surface area (Å²) in [4.78, 5) is 23.0. The van der Waals surface area contributed by atoms with Crippen LogP contribution in [0, 0.1) is 6.92 Å². The zero-order valence-electron chi connectivity index (χ0n) is 14.6. The molecule has 3 aromatic heterocycles. The van der Waals surface area contributed by atoms with Crippen molar-refractivity contribution in [2.45, 2.75) is 20.0 Å². The first-order valence-corrected chi connectivity index (χ1v) is 8.36. The van der Waals surface area contributed by atoms with Crippen LogP contribution in [0.4, 0.5) is 0 Å². The quantitative estimate of drug-likeness (QED) is 0.564. The van der Waals surface area contributed by atoms with Crippen LogP contribution in [0.25, 0.3) is 11.3 Å². The van der Waals surface area contributed by atoms with Crippen LogP contribution >= 0.6 is 0 Å². The first-order chi connectivity index (χ1) is 13.2. The molecule has 0 spiro atoms. The highest BCUT2D eigenvalue weighted by molar-refractivity contribution is 5.95. The molecule has 136 valence electrons. The van der Waals surface area contributed by atoms with Crippen LogP contribution in [-0.4, -0.2) is 31.0 Å². The number of aromatic nitrogens is 4. The van der Waals surface area contributed by atoms with E-state index >= 15 is 0 Å².